The van der Waals surface area contributed by atoms with Gasteiger partial charge in [-0.3, -0.25) is 0 Å². The summed E-state index contributed by atoms with van der Waals surface area (Å²) in [6.45, 7) is 8.98. The first-order valence-corrected chi connectivity index (χ1v) is 5.61. The van der Waals surface area contributed by atoms with Crippen molar-refractivity contribution in [3.8, 4) is 0 Å². The molecule has 15 heavy (non-hydrogen) atoms. The molecule has 1 aliphatic carbocycles. The third kappa shape index (κ3) is 1.50. The van der Waals surface area contributed by atoms with Gasteiger partial charge in [0.1, 0.15) is 0 Å². The summed E-state index contributed by atoms with van der Waals surface area (Å²) in [7, 11) is 0. The Kier molecular flexibility index (Phi) is 2.20. The van der Waals surface area contributed by atoms with E-state index in [1.54, 1.807) is 0 Å². The van der Waals surface area contributed by atoms with Crippen molar-refractivity contribution in [1.82, 2.24) is 0 Å². The molecule has 0 amide bonds. The highest BCUT2D eigenvalue weighted by molar-refractivity contribution is 5.41. The molecule has 1 heteroatoms. The van der Waals surface area contributed by atoms with Gasteiger partial charge in [-0.2, -0.15) is 0 Å². The molecule has 1 aliphatic rings. The molecule has 0 heterocycles. The van der Waals surface area contributed by atoms with Gasteiger partial charge in [-0.25, -0.2) is 0 Å². The van der Waals surface area contributed by atoms with E-state index < -0.39 is 0 Å². The Morgan fingerprint density at radius 2 is 1.60 bits per heavy atom. The first kappa shape index (κ1) is 10.7. The molecule has 0 saturated heterocycles. The molecule has 0 spiro atoms. The van der Waals surface area contributed by atoms with E-state index in [-0.39, 0.29) is 17.4 Å². The van der Waals surface area contributed by atoms with E-state index in [1.165, 1.54) is 16.7 Å². The largest absolute Gasteiger partial charge is 0.395 e. The van der Waals surface area contributed by atoms with Crippen LogP contribution in [-0.4, -0.2) is 11.7 Å². The topological polar surface area (TPSA) is 20.2 Å². The summed E-state index contributed by atoms with van der Waals surface area (Å²) in [5, 5.41) is 9.63. The summed E-state index contributed by atoms with van der Waals surface area (Å²) < 4.78 is 0. The highest BCUT2D eigenvalue weighted by atomic mass is 16.3. The van der Waals surface area contributed by atoms with Crippen LogP contribution in [0.4, 0.5) is 0 Å². The molecule has 0 radical (unpaired) electrons. The second-order valence-corrected chi connectivity index (χ2v) is 5.68. The number of aryl methyl sites for hydroxylation is 2. The molecule has 1 unspecified atom stereocenters. The Labute approximate surface area is 92.1 Å². The first-order chi connectivity index (χ1) is 6.91. The number of hydrogen-bond acceptors (Lipinski definition) is 1. The van der Waals surface area contributed by atoms with Crippen molar-refractivity contribution in [2.75, 3.05) is 6.61 Å². The summed E-state index contributed by atoms with van der Waals surface area (Å²) in [4.78, 5) is 0. The van der Waals surface area contributed by atoms with Crippen molar-refractivity contribution >= 4 is 0 Å². The van der Waals surface area contributed by atoms with Gasteiger partial charge >= 0.3 is 0 Å². The summed E-state index contributed by atoms with van der Waals surface area (Å²) in [6.07, 6.45) is 1.10. The van der Waals surface area contributed by atoms with Crippen LogP contribution in [0.1, 0.15) is 37.0 Å². The molecule has 0 aliphatic heterocycles. The molecule has 0 bridgehead atoms. The normalized spacial score (nSPS) is 27.8. The fourth-order valence-corrected chi connectivity index (χ4v) is 2.82. The maximum atomic E-state index is 9.63. The number of hydrogen-bond donors (Lipinski definition) is 1. The lowest BCUT2D eigenvalue weighted by atomic mass is 9.87. The van der Waals surface area contributed by atoms with Gasteiger partial charge in [0.05, 0.1) is 6.61 Å². The van der Waals surface area contributed by atoms with Gasteiger partial charge in [-0.05, 0) is 31.2 Å². The minimum atomic E-state index is 0.0176. The number of aliphatic hydroxyl groups excluding tert-OH is 1. The highest BCUT2D eigenvalue weighted by Gasteiger charge is 2.61. The predicted molar refractivity (Wildman–Crippen MR) is 63.1 cm³/mol. The monoisotopic (exact) mass is 204 g/mol. The zero-order valence-electron chi connectivity index (χ0n) is 10.1. The Hall–Kier alpha value is -0.820. The van der Waals surface area contributed by atoms with E-state index in [4.69, 9.17) is 0 Å². The SMILES string of the molecule is Cc1cc(C)cc(C2(CO)CC2(C)C)c1. The second kappa shape index (κ2) is 3.08. The lowest BCUT2D eigenvalue weighted by Gasteiger charge is -2.19. The summed E-state index contributed by atoms with van der Waals surface area (Å²) in [5.41, 5.74) is 4.17. The van der Waals surface area contributed by atoms with Crippen LogP contribution in [-0.2, 0) is 5.41 Å². The predicted octanol–water partition coefficient (Wildman–Crippen LogP) is 2.96. The standard InChI is InChI=1S/C14H20O/c1-10-5-11(2)7-12(6-10)14(9-15)8-13(14,3)4/h5-7,15H,8-9H2,1-4H3. The van der Waals surface area contributed by atoms with E-state index in [0.717, 1.165) is 6.42 Å². The Bertz CT molecular complexity index is 372. The van der Waals surface area contributed by atoms with Gasteiger partial charge < -0.3 is 5.11 Å². The molecule has 1 fully saturated rings. The van der Waals surface area contributed by atoms with Gasteiger partial charge in [0, 0.05) is 5.41 Å². The van der Waals surface area contributed by atoms with Gasteiger partial charge in [0.25, 0.3) is 0 Å². The third-order valence-corrected chi connectivity index (χ3v) is 3.96. The van der Waals surface area contributed by atoms with Crippen LogP contribution in [0.15, 0.2) is 18.2 Å². The highest BCUT2D eigenvalue weighted by Crippen LogP contribution is 2.64. The molecular formula is C14H20O. The van der Waals surface area contributed by atoms with E-state index in [2.05, 4.69) is 45.9 Å². The van der Waals surface area contributed by atoms with Gasteiger partial charge in [0.2, 0.25) is 0 Å². The van der Waals surface area contributed by atoms with Crippen molar-refractivity contribution in [1.29, 1.82) is 0 Å². The van der Waals surface area contributed by atoms with Crippen LogP contribution in [0.25, 0.3) is 0 Å². The van der Waals surface area contributed by atoms with Gasteiger partial charge in [-0.15, -0.1) is 0 Å². The molecular weight excluding hydrogens is 184 g/mol. The quantitative estimate of drug-likeness (QED) is 0.785. The molecule has 1 saturated carbocycles. The fraction of sp³-hybridized carbons (Fsp3) is 0.571. The molecule has 1 atom stereocenters. The number of benzene rings is 1. The average Bonchev–Trinajstić information content (AvgIpc) is 2.68. The minimum absolute atomic E-state index is 0.0176. The molecule has 1 nitrogen and oxygen atoms in total. The van der Waals surface area contributed by atoms with E-state index in [9.17, 15) is 5.11 Å². The molecule has 1 N–H and O–H groups in total. The average molecular weight is 204 g/mol. The van der Waals surface area contributed by atoms with Crippen LogP contribution in [0, 0.1) is 19.3 Å². The Morgan fingerprint density at radius 3 is 1.93 bits per heavy atom. The molecule has 1 aromatic carbocycles. The third-order valence-electron chi connectivity index (χ3n) is 3.96. The smallest absolute Gasteiger partial charge is 0.0533 e. The van der Waals surface area contributed by atoms with Crippen molar-refractivity contribution in [2.45, 2.75) is 39.5 Å². The molecule has 0 aromatic heterocycles. The maximum absolute atomic E-state index is 9.63. The minimum Gasteiger partial charge on any atom is -0.395 e. The van der Waals surface area contributed by atoms with E-state index in [1.807, 2.05) is 0 Å². The van der Waals surface area contributed by atoms with Crippen LogP contribution in [0.3, 0.4) is 0 Å². The molecule has 1 aromatic rings. The Balaban J connectivity index is 2.46. The molecule has 2 rings (SSSR count). The molecule has 82 valence electrons. The van der Waals surface area contributed by atoms with Crippen LogP contribution < -0.4 is 0 Å². The van der Waals surface area contributed by atoms with Crippen molar-refractivity contribution in [3.05, 3.63) is 34.9 Å². The van der Waals surface area contributed by atoms with Gasteiger partial charge in [-0.1, -0.05) is 43.2 Å². The first-order valence-electron chi connectivity index (χ1n) is 5.61. The van der Waals surface area contributed by atoms with Crippen molar-refractivity contribution in [3.63, 3.8) is 0 Å². The van der Waals surface area contributed by atoms with Crippen molar-refractivity contribution < 1.29 is 5.11 Å². The van der Waals surface area contributed by atoms with Gasteiger partial charge in [0.15, 0.2) is 0 Å². The summed E-state index contributed by atoms with van der Waals surface area (Å²) >= 11 is 0. The van der Waals surface area contributed by atoms with Crippen LogP contribution in [0.5, 0.6) is 0 Å². The lowest BCUT2D eigenvalue weighted by Crippen LogP contribution is -2.19. The Morgan fingerprint density at radius 1 is 1.13 bits per heavy atom. The maximum Gasteiger partial charge on any atom is 0.0533 e. The number of rotatable bonds is 2. The second-order valence-electron chi connectivity index (χ2n) is 5.68. The van der Waals surface area contributed by atoms with Crippen LogP contribution in [0.2, 0.25) is 0 Å². The summed E-state index contributed by atoms with van der Waals surface area (Å²) in [5.74, 6) is 0. The van der Waals surface area contributed by atoms with E-state index in [0.29, 0.717) is 0 Å². The van der Waals surface area contributed by atoms with E-state index >= 15 is 0 Å². The zero-order chi connectivity index (χ0) is 11.3. The number of aliphatic hydroxyl groups is 1. The fourth-order valence-electron chi connectivity index (χ4n) is 2.82. The zero-order valence-corrected chi connectivity index (χ0v) is 10.1. The summed E-state index contributed by atoms with van der Waals surface area (Å²) in [6, 6.07) is 6.62. The van der Waals surface area contributed by atoms with Crippen LogP contribution >= 0.6 is 0 Å². The lowest BCUT2D eigenvalue weighted by molar-refractivity contribution is 0.231. The van der Waals surface area contributed by atoms with Crippen molar-refractivity contribution in [2.24, 2.45) is 5.41 Å².